The largest absolute Gasteiger partial charge is 0.496 e. The van der Waals surface area contributed by atoms with E-state index in [2.05, 4.69) is 0 Å². The molecule has 4 rings (SSSR count). The molecule has 166 valence electrons. The first-order valence-corrected chi connectivity index (χ1v) is 12.2. The minimum Gasteiger partial charge on any atom is -0.491 e. The number of anilines is 1. The SMILES string of the molecule is Cc1cccc2c1N(S(=O)(=O)c1ccc(Cl)c(B3OC(C)(C)C(C)(C)O3)c1)CCCO2. The number of para-hydroxylation sites is 1. The fraction of sp³-hybridized carbons (Fsp3) is 0.455. The zero-order valence-corrected chi connectivity index (χ0v) is 20.0. The molecule has 2 aliphatic rings. The van der Waals surface area contributed by atoms with E-state index in [4.69, 9.17) is 25.6 Å². The lowest BCUT2D eigenvalue weighted by molar-refractivity contribution is 0.00578. The molecule has 1 saturated heterocycles. The second kappa shape index (κ2) is 7.69. The predicted molar refractivity (Wildman–Crippen MR) is 123 cm³/mol. The Labute approximate surface area is 189 Å². The fourth-order valence-corrected chi connectivity index (χ4v) is 5.59. The number of rotatable bonds is 3. The Kier molecular flexibility index (Phi) is 5.57. The van der Waals surface area contributed by atoms with Crippen molar-refractivity contribution < 1.29 is 22.5 Å². The van der Waals surface area contributed by atoms with Gasteiger partial charge in [0.1, 0.15) is 5.75 Å². The van der Waals surface area contributed by atoms with E-state index in [0.29, 0.717) is 41.5 Å². The van der Waals surface area contributed by atoms with Gasteiger partial charge in [0.05, 0.1) is 28.4 Å². The second-order valence-electron chi connectivity index (χ2n) is 8.97. The highest BCUT2D eigenvalue weighted by Gasteiger charge is 2.52. The molecule has 1 fully saturated rings. The first kappa shape index (κ1) is 22.5. The Bertz CT molecular complexity index is 1100. The van der Waals surface area contributed by atoms with Gasteiger partial charge >= 0.3 is 7.12 Å². The Balaban J connectivity index is 1.77. The molecular formula is C22H27BClNO5S. The number of aryl methyl sites for hydroxylation is 1. The maximum atomic E-state index is 13.7. The molecule has 2 aromatic rings. The van der Waals surface area contributed by atoms with Crippen LogP contribution in [0.5, 0.6) is 5.75 Å². The molecule has 6 nitrogen and oxygen atoms in total. The first-order chi connectivity index (χ1) is 14.4. The summed E-state index contributed by atoms with van der Waals surface area (Å²) < 4.78 is 46.9. The van der Waals surface area contributed by atoms with Gasteiger partial charge in [0.2, 0.25) is 0 Å². The van der Waals surface area contributed by atoms with E-state index in [9.17, 15) is 8.42 Å². The van der Waals surface area contributed by atoms with Crippen molar-refractivity contribution in [3.05, 3.63) is 47.0 Å². The molecule has 0 unspecified atom stereocenters. The molecule has 9 heteroatoms. The van der Waals surface area contributed by atoms with Gasteiger partial charge in [0, 0.05) is 23.5 Å². The van der Waals surface area contributed by atoms with E-state index in [0.717, 1.165) is 5.56 Å². The van der Waals surface area contributed by atoms with Gasteiger partial charge in [-0.25, -0.2) is 8.42 Å². The summed E-state index contributed by atoms with van der Waals surface area (Å²) in [7, 11) is -4.62. The van der Waals surface area contributed by atoms with E-state index < -0.39 is 28.3 Å². The molecule has 2 aromatic carbocycles. The van der Waals surface area contributed by atoms with Gasteiger partial charge < -0.3 is 14.0 Å². The van der Waals surface area contributed by atoms with Crippen LogP contribution in [0.4, 0.5) is 5.69 Å². The fourth-order valence-electron chi connectivity index (χ4n) is 3.77. The van der Waals surface area contributed by atoms with E-state index in [1.165, 1.54) is 10.4 Å². The van der Waals surface area contributed by atoms with Crippen molar-refractivity contribution in [1.29, 1.82) is 0 Å². The highest BCUT2D eigenvalue weighted by atomic mass is 35.5. The molecule has 0 saturated carbocycles. The summed E-state index contributed by atoms with van der Waals surface area (Å²) in [6.07, 6.45) is 0.588. The molecule has 0 N–H and O–H groups in total. The lowest BCUT2D eigenvalue weighted by Gasteiger charge is -2.32. The minimum absolute atomic E-state index is 0.137. The molecule has 0 spiro atoms. The lowest BCUT2D eigenvalue weighted by Crippen LogP contribution is -2.41. The average molecular weight is 464 g/mol. The third kappa shape index (κ3) is 3.84. The van der Waals surface area contributed by atoms with Gasteiger partial charge in [-0.1, -0.05) is 23.7 Å². The summed E-state index contributed by atoms with van der Waals surface area (Å²) in [5, 5.41) is 0.397. The van der Waals surface area contributed by atoms with Crippen LogP contribution >= 0.6 is 11.6 Å². The zero-order valence-electron chi connectivity index (χ0n) is 18.4. The van der Waals surface area contributed by atoms with Crippen molar-refractivity contribution >= 4 is 39.9 Å². The summed E-state index contributed by atoms with van der Waals surface area (Å²) >= 11 is 6.44. The summed E-state index contributed by atoms with van der Waals surface area (Å²) in [5.74, 6) is 0.571. The minimum atomic E-state index is -3.86. The normalized spacial score (nSPS) is 20.2. The smallest absolute Gasteiger partial charge is 0.491 e. The number of halogens is 1. The number of ether oxygens (including phenoxy) is 1. The molecule has 0 radical (unpaired) electrons. The van der Waals surface area contributed by atoms with Crippen molar-refractivity contribution in [2.24, 2.45) is 0 Å². The molecule has 0 aromatic heterocycles. The Morgan fingerprint density at radius 2 is 1.74 bits per heavy atom. The van der Waals surface area contributed by atoms with Gasteiger partial charge in [-0.05, 0) is 64.4 Å². The van der Waals surface area contributed by atoms with E-state index in [-0.39, 0.29) is 4.90 Å². The van der Waals surface area contributed by atoms with Crippen LogP contribution in [-0.2, 0) is 19.3 Å². The van der Waals surface area contributed by atoms with Crippen LogP contribution < -0.4 is 14.5 Å². The second-order valence-corrected chi connectivity index (χ2v) is 11.2. The standard InChI is InChI=1S/C22H27BClNO5S/c1-15-8-6-9-19-20(15)25(12-7-13-28-19)31(26,27)16-10-11-18(24)17(14-16)23-29-21(2,3)22(4,5)30-23/h6,8-11,14H,7,12-13H2,1-5H3. The van der Waals surface area contributed by atoms with Crippen molar-refractivity contribution in [3.63, 3.8) is 0 Å². The quantitative estimate of drug-likeness (QED) is 0.645. The van der Waals surface area contributed by atoms with Crippen LogP contribution in [0.15, 0.2) is 41.3 Å². The van der Waals surface area contributed by atoms with Crippen molar-refractivity contribution in [2.45, 2.75) is 57.1 Å². The first-order valence-electron chi connectivity index (χ1n) is 10.3. The number of benzene rings is 2. The van der Waals surface area contributed by atoms with Crippen LogP contribution in [0, 0.1) is 6.92 Å². The number of hydrogen-bond acceptors (Lipinski definition) is 5. The molecule has 0 amide bonds. The maximum absolute atomic E-state index is 13.7. The van der Waals surface area contributed by atoms with Gasteiger partial charge in [-0.3, -0.25) is 4.31 Å². The van der Waals surface area contributed by atoms with Crippen LogP contribution in [0.1, 0.15) is 39.7 Å². The molecule has 2 heterocycles. The van der Waals surface area contributed by atoms with E-state index in [1.807, 2.05) is 46.8 Å². The molecule has 31 heavy (non-hydrogen) atoms. The number of fused-ring (bicyclic) bond motifs is 1. The van der Waals surface area contributed by atoms with Crippen LogP contribution in [0.2, 0.25) is 5.02 Å². The molecular weight excluding hydrogens is 437 g/mol. The van der Waals surface area contributed by atoms with Crippen molar-refractivity contribution in [2.75, 3.05) is 17.5 Å². The monoisotopic (exact) mass is 463 g/mol. The summed E-state index contributed by atoms with van der Waals surface area (Å²) in [4.78, 5) is 0.137. The summed E-state index contributed by atoms with van der Waals surface area (Å²) in [6.45, 7) is 10.4. The zero-order chi connectivity index (χ0) is 22.6. The van der Waals surface area contributed by atoms with Gasteiger partial charge in [-0.15, -0.1) is 0 Å². The Morgan fingerprint density at radius 3 is 2.42 bits per heavy atom. The summed E-state index contributed by atoms with van der Waals surface area (Å²) in [5.41, 5.74) is 0.787. The third-order valence-corrected chi connectivity index (χ3v) is 8.42. The Morgan fingerprint density at radius 1 is 1.06 bits per heavy atom. The topological polar surface area (TPSA) is 65.1 Å². The highest BCUT2D eigenvalue weighted by Crippen LogP contribution is 2.39. The molecule has 2 aliphatic heterocycles. The molecule has 0 atom stereocenters. The van der Waals surface area contributed by atoms with Crippen LogP contribution in [-0.4, -0.2) is 39.9 Å². The number of hydrogen-bond donors (Lipinski definition) is 0. The molecule has 0 bridgehead atoms. The van der Waals surface area contributed by atoms with Crippen LogP contribution in [0.25, 0.3) is 0 Å². The van der Waals surface area contributed by atoms with Crippen LogP contribution in [0.3, 0.4) is 0 Å². The Hall–Kier alpha value is -1.74. The van der Waals surface area contributed by atoms with Crippen molar-refractivity contribution in [3.8, 4) is 5.75 Å². The van der Waals surface area contributed by atoms with Gasteiger partial charge in [0.25, 0.3) is 10.0 Å². The average Bonchev–Trinajstić information content (AvgIpc) is 2.83. The predicted octanol–water partition coefficient (Wildman–Crippen LogP) is 3.93. The van der Waals surface area contributed by atoms with Gasteiger partial charge in [-0.2, -0.15) is 0 Å². The lowest BCUT2D eigenvalue weighted by atomic mass is 9.79. The summed E-state index contributed by atoms with van der Waals surface area (Å²) in [6, 6.07) is 10.2. The number of sulfonamides is 1. The maximum Gasteiger partial charge on any atom is 0.496 e. The third-order valence-electron chi connectivity index (χ3n) is 6.28. The van der Waals surface area contributed by atoms with E-state index in [1.54, 1.807) is 18.2 Å². The van der Waals surface area contributed by atoms with Crippen molar-refractivity contribution in [1.82, 2.24) is 0 Å². The highest BCUT2D eigenvalue weighted by molar-refractivity contribution is 7.92. The van der Waals surface area contributed by atoms with E-state index >= 15 is 0 Å². The number of nitrogens with zero attached hydrogens (tertiary/aromatic N) is 1. The van der Waals surface area contributed by atoms with Gasteiger partial charge in [0.15, 0.2) is 0 Å². The molecule has 0 aliphatic carbocycles.